The molecule has 6 nitrogen and oxygen atoms in total. The zero-order valence-corrected chi connectivity index (χ0v) is 13.0. The molecule has 1 unspecified atom stereocenters. The van der Waals surface area contributed by atoms with Crippen LogP contribution in [0.15, 0.2) is 59.3 Å². The molecular formula is C17H16FN3O3. The highest BCUT2D eigenvalue weighted by Crippen LogP contribution is 2.22. The highest BCUT2D eigenvalue weighted by molar-refractivity contribution is 5.33. The zero-order valence-electron chi connectivity index (χ0n) is 13.0. The summed E-state index contributed by atoms with van der Waals surface area (Å²) in [6, 6.07) is 10.7. The maximum atomic E-state index is 12.9. The van der Waals surface area contributed by atoms with Gasteiger partial charge in [-0.1, -0.05) is 0 Å². The molecule has 124 valence electrons. The van der Waals surface area contributed by atoms with Crippen molar-refractivity contribution in [3.63, 3.8) is 0 Å². The van der Waals surface area contributed by atoms with Crippen molar-refractivity contribution in [3.05, 3.63) is 66.5 Å². The van der Waals surface area contributed by atoms with Crippen LogP contribution in [-0.4, -0.2) is 23.7 Å². The normalized spacial score (nSPS) is 11.9. The van der Waals surface area contributed by atoms with Gasteiger partial charge in [-0.3, -0.25) is 0 Å². The first kappa shape index (κ1) is 15.9. The molecule has 1 N–H and O–H groups in total. The molecule has 0 aliphatic rings. The van der Waals surface area contributed by atoms with Crippen molar-refractivity contribution in [1.29, 1.82) is 0 Å². The first-order valence-corrected chi connectivity index (χ1v) is 7.30. The number of methoxy groups -OCH3 is 1. The molecule has 0 spiro atoms. The summed E-state index contributed by atoms with van der Waals surface area (Å²) >= 11 is 0. The van der Waals surface area contributed by atoms with E-state index in [-0.39, 0.29) is 11.9 Å². The number of ether oxygens (including phenoxy) is 2. The van der Waals surface area contributed by atoms with Crippen LogP contribution in [0.5, 0.6) is 11.6 Å². The van der Waals surface area contributed by atoms with E-state index in [1.165, 1.54) is 24.3 Å². The predicted octanol–water partition coefficient (Wildman–Crippen LogP) is 3.80. The summed E-state index contributed by atoms with van der Waals surface area (Å²) in [5.41, 5.74) is 0. The lowest BCUT2D eigenvalue weighted by Crippen LogP contribution is -2.17. The third kappa shape index (κ3) is 4.08. The van der Waals surface area contributed by atoms with Crippen LogP contribution >= 0.6 is 0 Å². The quantitative estimate of drug-likeness (QED) is 0.711. The van der Waals surface area contributed by atoms with Crippen LogP contribution in [0.4, 0.5) is 10.3 Å². The van der Waals surface area contributed by atoms with E-state index in [1.807, 2.05) is 6.07 Å². The van der Waals surface area contributed by atoms with Gasteiger partial charge in [-0.15, -0.1) is 0 Å². The minimum atomic E-state index is -0.326. The molecule has 2 aromatic heterocycles. The molecule has 1 atom stereocenters. The summed E-state index contributed by atoms with van der Waals surface area (Å²) in [5.74, 6) is 1.59. The van der Waals surface area contributed by atoms with Crippen LogP contribution in [0.2, 0.25) is 0 Å². The molecule has 24 heavy (non-hydrogen) atoms. The van der Waals surface area contributed by atoms with Crippen molar-refractivity contribution in [2.45, 2.75) is 6.04 Å². The Labute approximate surface area is 138 Å². The van der Waals surface area contributed by atoms with E-state index in [1.54, 1.807) is 31.7 Å². The number of nitrogens with zero attached hydrogens (tertiary/aromatic N) is 2. The van der Waals surface area contributed by atoms with Crippen molar-refractivity contribution in [1.82, 2.24) is 9.97 Å². The van der Waals surface area contributed by atoms with Crippen molar-refractivity contribution >= 4 is 5.95 Å². The average Bonchev–Trinajstić information content (AvgIpc) is 3.11. The fourth-order valence-corrected chi connectivity index (χ4v) is 2.10. The van der Waals surface area contributed by atoms with Gasteiger partial charge in [0.15, 0.2) is 0 Å². The van der Waals surface area contributed by atoms with Crippen molar-refractivity contribution in [2.75, 3.05) is 19.0 Å². The van der Waals surface area contributed by atoms with Gasteiger partial charge < -0.3 is 19.2 Å². The SMILES string of the molecule is COCC(Nc1nccc(Oc2ccc(F)cc2)n1)c1ccco1. The van der Waals surface area contributed by atoms with E-state index >= 15 is 0 Å². The molecular weight excluding hydrogens is 313 g/mol. The highest BCUT2D eigenvalue weighted by atomic mass is 19.1. The van der Waals surface area contributed by atoms with Crippen LogP contribution in [0.3, 0.4) is 0 Å². The fourth-order valence-electron chi connectivity index (χ4n) is 2.10. The van der Waals surface area contributed by atoms with E-state index in [4.69, 9.17) is 13.9 Å². The second-order valence-electron chi connectivity index (χ2n) is 4.94. The maximum Gasteiger partial charge on any atom is 0.226 e. The second kappa shape index (κ2) is 7.56. The van der Waals surface area contributed by atoms with Crippen molar-refractivity contribution in [3.8, 4) is 11.6 Å². The molecule has 0 saturated heterocycles. The summed E-state index contributed by atoms with van der Waals surface area (Å²) in [7, 11) is 1.60. The van der Waals surface area contributed by atoms with Crippen molar-refractivity contribution in [2.24, 2.45) is 0 Å². The molecule has 0 radical (unpaired) electrons. The smallest absolute Gasteiger partial charge is 0.226 e. The summed E-state index contributed by atoms with van der Waals surface area (Å²) in [6.45, 7) is 0.389. The van der Waals surface area contributed by atoms with Gasteiger partial charge >= 0.3 is 0 Å². The molecule has 0 aliphatic carbocycles. The van der Waals surface area contributed by atoms with Crippen LogP contribution < -0.4 is 10.1 Å². The Hall–Kier alpha value is -2.93. The number of nitrogens with one attached hydrogen (secondary N) is 1. The Morgan fingerprint density at radius 1 is 1.21 bits per heavy atom. The highest BCUT2D eigenvalue weighted by Gasteiger charge is 2.15. The number of rotatable bonds is 7. The van der Waals surface area contributed by atoms with Crippen LogP contribution in [0.25, 0.3) is 0 Å². The largest absolute Gasteiger partial charge is 0.467 e. The Balaban J connectivity index is 1.73. The summed E-state index contributed by atoms with van der Waals surface area (Å²) < 4.78 is 29.1. The van der Waals surface area contributed by atoms with E-state index in [2.05, 4.69) is 15.3 Å². The number of anilines is 1. The minimum absolute atomic E-state index is 0.230. The van der Waals surface area contributed by atoms with E-state index < -0.39 is 0 Å². The standard InChI is InChI=1S/C17H16FN3O3/c1-22-11-14(15-3-2-10-23-15)20-17-19-9-8-16(21-17)24-13-6-4-12(18)5-7-13/h2-10,14H,11H2,1H3,(H,19,20,21). The molecule has 7 heteroatoms. The lowest BCUT2D eigenvalue weighted by atomic mass is 10.2. The Bertz CT molecular complexity index is 763. The van der Waals surface area contributed by atoms with Gasteiger partial charge in [0, 0.05) is 19.4 Å². The number of aromatic nitrogens is 2. The summed E-state index contributed by atoms with van der Waals surface area (Å²) in [6.07, 6.45) is 3.16. The molecule has 0 fully saturated rings. The first-order chi connectivity index (χ1) is 11.7. The number of benzene rings is 1. The van der Waals surface area contributed by atoms with E-state index in [9.17, 15) is 4.39 Å². The fraction of sp³-hybridized carbons (Fsp3) is 0.176. The Morgan fingerprint density at radius 3 is 2.75 bits per heavy atom. The van der Waals surface area contributed by atoms with Gasteiger partial charge in [0.1, 0.15) is 23.4 Å². The number of furan rings is 1. The topological polar surface area (TPSA) is 69.4 Å². The van der Waals surface area contributed by atoms with Gasteiger partial charge in [-0.05, 0) is 36.4 Å². The maximum absolute atomic E-state index is 12.9. The molecule has 0 saturated carbocycles. The third-order valence-electron chi connectivity index (χ3n) is 3.19. The van der Waals surface area contributed by atoms with Crippen molar-refractivity contribution < 1.29 is 18.3 Å². The molecule has 0 aliphatic heterocycles. The Kier molecular flexibility index (Phi) is 5.02. The zero-order chi connectivity index (χ0) is 16.8. The molecule has 3 rings (SSSR count). The lowest BCUT2D eigenvalue weighted by molar-refractivity contribution is 0.178. The predicted molar refractivity (Wildman–Crippen MR) is 85.5 cm³/mol. The minimum Gasteiger partial charge on any atom is -0.467 e. The van der Waals surface area contributed by atoms with E-state index in [0.29, 0.717) is 29.9 Å². The molecule has 0 amide bonds. The van der Waals surface area contributed by atoms with Gasteiger partial charge in [0.25, 0.3) is 0 Å². The Morgan fingerprint density at radius 2 is 2.04 bits per heavy atom. The number of hydrogen-bond donors (Lipinski definition) is 1. The average molecular weight is 329 g/mol. The number of hydrogen-bond acceptors (Lipinski definition) is 6. The molecule has 3 aromatic rings. The summed E-state index contributed by atoms with van der Waals surface area (Å²) in [4.78, 5) is 8.45. The molecule has 2 heterocycles. The monoisotopic (exact) mass is 329 g/mol. The second-order valence-corrected chi connectivity index (χ2v) is 4.94. The van der Waals surface area contributed by atoms with Gasteiger partial charge in [0.05, 0.1) is 12.9 Å². The van der Waals surface area contributed by atoms with Gasteiger partial charge in [-0.25, -0.2) is 9.37 Å². The lowest BCUT2D eigenvalue weighted by Gasteiger charge is -2.15. The van der Waals surface area contributed by atoms with Gasteiger partial charge in [-0.2, -0.15) is 4.98 Å². The van der Waals surface area contributed by atoms with Crippen LogP contribution in [0.1, 0.15) is 11.8 Å². The third-order valence-corrected chi connectivity index (χ3v) is 3.19. The molecule has 0 bridgehead atoms. The number of halogens is 1. The molecule has 1 aromatic carbocycles. The van der Waals surface area contributed by atoms with Crippen LogP contribution in [-0.2, 0) is 4.74 Å². The summed E-state index contributed by atoms with van der Waals surface area (Å²) in [5, 5.41) is 3.14. The van der Waals surface area contributed by atoms with Gasteiger partial charge in [0.2, 0.25) is 11.8 Å². The van der Waals surface area contributed by atoms with E-state index in [0.717, 1.165) is 0 Å². The first-order valence-electron chi connectivity index (χ1n) is 7.30. The van der Waals surface area contributed by atoms with Crippen LogP contribution in [0, 0.1) is 5.82 Å².